The molecule has 0 aliphatic heterocycles. The van der Waals surface area contributed by atoms with Gasteiger partial charge in [0.15, 0.2) is 16.4 Å². The number of hydrogen-bond donors (Lipinski definition) is 2. The molecule has 0 spiro atoms. The number of anilines is 1. The summed E-state index contributed by atoms with van der Waals surface area (Å²) < 4.78 is 37.7. The molecule has 0 fully saturated rings. The average Bonchev–Trinajstić information content (AvgIpc) is 3.43. The second-order valence-corrected chi connectivity index (χ2v) is 13.3. The van der Waals surface area contributed by atoms with Gasteiger partial charge in [-0.15, -0.1) is 0 Å². The van der Waals surface area contributed by atoms with E-state index in [0.717, 1.165) is 21.3 Å². The second-order valence-electron chi connectivity index (χ2n) is 9.78. The fourth-order valence-electron chi connectivity index (χ4n) is 4.38. The number of aliphatic carboxylic acids is 1. The quantitative estimate of drug-likeness (QED) is 0.145. The van der Waals surface area contributed by atoms with Crippen LogP contribution in [0.25, 0.3) is 10.2 Å². The van der Waals surface area contributed by atoms with Crippen molar-refractivity contribution >= 4 is 60.6 Å². The van der Waals surface area contributed by atoms with Crippen LogP contribution in [0, 0.1) is 0 Å². The van der Waals surface area contributed by atoms with E-state index in [0.29, 0.717) is 28.6 Å². The monoisotopic (exact) mass is 650 g/mol. The van der Waals surface area contributed by atoms with Crippen LogP contribution in [-0.4, -0.2) is 42.7 Å². The van der Waals surface area contributed by atoms with Gasteiger partial charge in [-0.05, 0) is 84.6 Å². The Kier molecular flexibility index (Phi) is 9.78. The van der Waals surface area contributed by atoms with Gasteiger partial charge in [-0.3, -0.25) is 4.79 Å². The molecule has 9 nitrogen and oxygen atoms in total. The number of rotatable bonds is 13. The van der Waals surface area contributed by atoms with Crippen LogP contribution >= 0.6 is 22.9 Å². The minimum absolute atomic E-state index is 0.0839. The van der Waals surface area contributed by atoms with Crippen LogP contribution < -0.4 is 14.8 Å². The standard InChI is InChI=1S/C32H27ClN2O7S2/c33-24-11-13-25(14-12-24)44(39,40)16-4-6-21-10-15-28(41-20-30(36)37)27(18-21)34-31(38)23-7-3-5-22(17-23)19-42-32-35-26-8-1-2-9-29(26)43-32/h1-3,5,7-15,17-18H,4,6,16,19-20H2,(H,34,38)(H,36,37). The number of sulfone groups is 1. The molecule has 0 aliphatic carbocycles. The summed E-state index contributed by atoms with van der Waals surface area (Å²) in [5.74, 6) is -1.51. The lowest BCUT2D eigenvalue weighted by molar-refractivity contribution is -0.139. The topological polar surface area (TPSA) is 132 Å². The first-order valence-electron chi connectivity index (χ1n) is 13.5. The summed E-state index contributed by atoms with van der Waals surface area (Å²) in [6.07, 6.45) is 0.720. The molecule has 0 bridgehead atoms. The SMILES string of the molecule is O=C(O)COc1ccc(CCCS(=O)(=O)c2ccc(Cl)cc2)cc1NC(=O)c1cccc(COc2nc3ccccc3s2)c1. The van der Waals surface area contributed by atoms with E-state index in [1.807, 2.05) is 30.3 Å². The molecule has 0 radical (unpaired) electrons. The number of para-hydroxylation sites is 1. The van der Waals surface area contributed by atoms with Crippen LogP contribution in [0.3, 0.4) is 0 Å². The largest absolute Gasteiger partial charge is 0.480 e. The second kappa shape index (κ2) is 13.9. The zero-order chi connectivity index (χ0) is 31.1. The van der Waals surface area contributed by atoms with Crippen molar-refractivity contribution < 1.29 is 32.6 Å². The lowest BCUT2D eigenvalue weighted by Gasteiger charge is -2.14. The molecule has 5 aromatic rings. The predicted molar refractivity (Wildman–Crippen MR) is 170 cm³/mol. The van der Waals surface area contributed by atoms with Crippen molar-refractivity contribution in [1.29, 1.82) is 0 Å². The van der Waals surface area contributed by atoms with Crippen molar-refractivity contribution in [3.63, 3.8) is 0 Å². The summed E-state index contributed by atoms with van der Waals surface area (Å²) >= 11 is 7.31. The van der Waals surface area contributed by atoms with Gasteiger partial charge in [-0.25, -0.2) is 18.2 Å². The average molecular weight is 651 g/mol. The van der Waals surface area contributed by atoms with Crippen LogP contribution in [0.4, 0.5) is 5.69 Å². The summed E-state index contributed by atoms with van der Waals surface area (Å²) in [4.78, 5) is 29.0. The highest BCUT2D eigenvalue weighted by molar-refractivity contribution is 7.91. The lowest BCUT2D eigenvalue weighted by Crippen LogP contribution is -2.15. The number of nitrogens with one attached hydrogen (secondary N) is 1. The van der Waals surface area contributed by atoms with Gasteiger partial charge >= 0.3 is 5.97 Å². The molecule has 1 amide bonds. The molecule has 0 saturated heterocycles. The highest BCUT2D eigenvalue weighted by Crippen LogP contribution is 2.29. The number of aromatic nitrogens is 1. The first-order valence-corrected chi connectivity index (χ1v) is 16.4. The molecular weight excluding hydrogens is 624 g/mol. The van der Waals surface area contributed by atoms with E-state index in [9.17, 15) is 18.0 Å². The number of fused-ring (bicyclic) bond motifs is 1. The van der Waals surface area contributed by atoms with Crippen LogP contribution in [-0.2, 0) is 27.7 Å². The van der Waals surface area contributed by atoms with Crippen LogP contribution in [0.2, 0.25) is 5.02 Å². The molecule has 226 valence electrons. The lowest BCUT2D eigenvalue weighted by atomic mass is 10.1. The van der Waals surface area contributed by atoms with Gasteiger partial charge in [-0.1, -0.05) is 53.3 Å². The fourth-order valence-corrected chi connectivity index (χ4v) is 6.63. The molecule has 5 rings (SSSR count). The van der Waals surface area contributed by atoms with Gasteiger partial charge < -0.3 is 19.9 Å². The molecule has 0 saturated carbocycles. The van der Waals surface area contributed by atoms with E-state index in [-0.39, 0.29) is 28.7 Å². The number of thiazole rings is 1. The Morgan fingerprint density at radius 1 is 0.909 bits per heavy atom. The van der Waals surface area contributed by atoms with Crippen molar-refractivity contribution in [2.24, 2.45) is 0 Å². The Bertz CT molecular complexity index is 1870. The van der Waals surface area contributed by atoms with E-state index >= 15 is 0 Å². The summed E-state index contributed by atoms with van der Waals surface area (Å²) in [7, 11) is -3.50. The normalized spacial score (nSPS) is 11.3. The Balaban J connectivity index is 1.26. The molecule has 44 heavy (non-hydrogen) atoms. The first kappa shape index (κ1) is 31.0. The third-order valence-corrected chi connectivity index (χ3v) is 9.54. The zero-order valence-electron chi connectivity index (χ0n) is 23.2. The molecule has 4 aromatic carbocycles. The molecule has 2 N–H and O–H groups in total. The van der Waals surface area contributed by atoms with Crippen molar-refractivity contribution in [3.8, 4) is 10.9 Å². The van der Waals surface area contributed by atoms with Crippen LogP contribution in [0.5, 0.6) is 10.9 Å². The maximum atomic E-state index is 13.3. The fraction of sp³-hybridized carbons (Fsp3) is 0.156. The van der Waals surface area contributed by atoms with Crippen molar-refractivity contribution in [2.45, 2.75) is 24.3 Å². The number of nitrogens with zero attached hydrogens (tertiary/aromatic N) is 1. The van der Waals surface area contributed by atoms with Crippen molar-refractivity contribution in [3.05, 3.63) is 113 Å². The van der Waals surface area contributed by atoms with E-state index in [4.69, 9.17) is 26.2 Å². The van der Waals surface area contributed by atoms with Gasteiger partial charge in [0, 0.05) is 10.6 Å². The van der Waals surface area contributed by atoms with E-state index in [2.05, 4.69) is 10.3 Å². The number of hydrogen-bond acceptors (Lipinski definition) is 8. The third kappa shape index (κ3) is 8.13. The number of aryl methyl sites for hydroxylation is 1. The van der Waals surface area contributed by atoms with Gasteiger partial charge in [0.05, 0.1) is 26.6 Å². The minimum Gasteiger partial charge on any atom is -0.480 e. The van der Waals surface area contributed by atoms with E-state index in [1.54, 1.807) is 36.4 Å². The van der Waals surface area contributed by atoms with E-state index in [1.165, 1.54) is 35.6 Å². The van der Waals surface area contributed by atoms with Gasteiger partial charge in [-0.2, -0.15) is 0 Å². The van der Waals surface area contributed by atoms with Crippen molar-refractivity contribution in [2.75, 3.05) is 17.7 Å². The summed E-state index contributed by atoms with van der Waals surface area (Å²) in [5.41, 5.74) is 2.98. The summed E-state index contributed by atoms with van der Waals surface area (Å²) in [5, 5.41) is 12.9. The maximum Gasteiger partial charge on any atom is 0.341 e. The molecular formula is C32H27ClN2O7S2. The molecule has 12 heteroatoms. The molecule has 0 unspecified atom stereocenters. The molecule has 1 aromatic heterocycles. The Labute approximate surface area is 263 Å². The maximum absolute atomic E-state index is 13.3. The van der Waals surface area contributed by atoms with E-state index < -0.39 is 28.3 Å². The molecule has 0 aliphatic rings. The smallest absolute Gasteiger partial charge is 0.341 e. The van der Waals surface area contributed by atoms with Crippen LogP contribution in [0.1, 0.15) is 27.9 Å². The molecule has 1 heterocycles. The first-order chi connectivity index (χ1) is 21.2. The number of halogens is 1. The van der Waals surface area contributed by atoms with Gasteiger partial charge in [0.2, 0.25) is 0 Å². The number of benzene rings is 4. The third-order valence-electron chi connectivity index (χ3n) is 6.52. The Morgan fingerprint density at radius 3 is 2.48 bits per heavy atom. The number of carbonyl (C=O) groups is 2. The van der Waals surface area contributed by atoms with Gasteiger partial charge in [0.1, 0.15) is 12.4 Å². The number of ether oxygens (including phenoxy) is 2. The number of amides is 1. The Hall–Kier alpha value is -4.45. The highest BCUT2D eigenvalue weighted by atomic mass is 35.5. The highest BCUT2D eigenvalue weighted by Gasteiger charge is 2.16. The van der Waals surface area contributed by atoms with Gasteiger partial charge in [0.25, 0.3) is 11.1 Å². The summed E-state index contributed by atoms with van der Waals surface area (Å²) in [6.45, 7) is -0.386. The molecule has 0 atom stereocenters. The number of carboxylic acid groups (broad SMARTS) is 1. The number of carboxylic acids is 1. The predicted octanol–water partition coefficient (Wildman–Crippen LogP) is 6.65. The zero-order valence-corrected chi connectivity index (χ0v) is 25.6. The number of carbonyl (C=O) groups excluding carboxylic acids is 1. The Morgan fingerprint density at radius 2 is 1.70 bits per heavy atom. The van der Waals surface area contributed by atoms with Crippen molar-refractivity contribution in [1.82, 2.24) is 4.98 Å². The minimum atomic E-state index is -3.50. The van der Waals surface area contributed by atoms with Crippen LogP contribution in [0.15, 0.2) is 95.9 Å². The summed E-state index contributed by atoms with van der Waals surface area (Å²) in [6, 6.07) is 25.6.